The monoisotopic (exact) mass is 226 g/mol. The highest BCUT2D eigenvalue weighted by Gasteiger charge is 2.39. The largest absolute Gasteiger partial charge is 0.481 e. The summed E-state index contributed by atoms with van der Waals surface area (Å²) in [5.41, 5.74) is 0. The summed E-state index contributed by atoms with van der Waals surface area (Å²) >= 11 is 0. The molecule has 0 aromatic heterocycles. The Bertz CT molecular complexity index is 306. The zero-order valence-corrected chi connectivity index (χ0v) is 9.59. The van der Waals surface area contributed by atoms with Crippen molar-refractivity contribution in [2.24, 2.45) is 23.7 Å². The van der Waals surface area contributed by atoms with Crippen molar-refractivity contribution in [1.29, 1.82) is 0 Å². The molecule has 0 spiro atoms. The van der Waals surface area contributed by atoms with Crippen LogP contribution in [0.2, 0.25) is 0 Å². The van der Waals surface area contributed by atoms with E-state index in [-0.39, 0.29) is 5.92 Å². The molecule has 2 N–H and O–H groups in total. The van der Waals surface area contributed by atoms with E-state index in [1.54, 1.807) is 6.08 Å². The van der Waals surface area contributed by atoms with Gasteiger partial charge in [-0.2, -0.15) is 0 Å². The molecule has 1 rings (SSSR count). The van der Waals surface area contributed by atoms with Crippen molar-refractivity contribution in [3.8, 4) is 0 Å². The van der Waals surface area contributed by atoms with Gasteiger partial charge in [0.2, 0.25) is 0 Å². The maximum Gasteiger partial charge on any atom is 0.311 e. The summed E-state index contributed by atoms with van der Waals surface area (Å²) in [5.74, 6) is -3.39. The normalized spacial score (nSPS) is 29.3. The first-order chi connectivity index (χ1) is 7.43. The summed E-state index contributed by atoms with van der Waals surface area (Å²) in [6.07, 6.45) is 4.73. The van der Waals surface area contributed by atoms with Gasteiger partial charge in [0.05, 0.1) is 11.8 Å². The fourth-order valence-electron chi connectivity index (χ4n) is 2.40. The van der Waals surface area contributed by atoms with Gasteiger partial charge in [0.1, 0.15) is 0 Å². The molecule has 4 nitrogen and oxygen atoms in total. The fourth-order valence-corrected chi connectivity index (χ4v) is 2.40. The summed E-state index contributed by atoms with van der Waals surface area (Å²) in [5, 5.41) is 18.1. The molecule has 0 saturated heterocycles. The Kier molecular flexibility index (Phi) is 4.10. The minimum atomic E-state index is -1.04. The van der Waals surface area contributed by atoms with Crippen LogP contribution < -0.4 is 0 Å². The fraction of sp³-hybridized carbons (Fsp3) is 0.667. The first kappa shape index (κ1) is 12.7. The third kappa shape index (κ3) is 2.84. The van der Waals surface area contributed by atoms with E-state index in [1.807, 2.05) is 13.8 Å². The van der Waals surface area contributed by atoms with E-state index in [0.29, 0.717) is 12.3 Å². The van der Waals surface area contributed by atoms with Crippen LogP contribution in [0.5, 0.6) is 0 Å². The lowest BCUT2D eigenvalue weighted by atomic mass is 9.72. The molecule has 1 aliphatic rings. The lowest BCUT2D eigenvalue weighted by Crippen LogP contribution is -2.37. The van der Waals surface area contributed by atoms with Crippen molar-refractivity contribution < 1.29 is 19.8 Å². The van der Waals surface area contributed by atoms with E-state index in [4.69, 9.17) is 10.2 Å². The van der Waals surface area contributed by atoms with Crippen molar-refractivity contribution >= 4 is 11.9 Å². The molecule has 0 fully saturated rings. The van der Waals surface area contributed by atoms with Crippen LogP contribution >= 0.6 is 0 Å². The second-order valence-corrected chi connectivity index (χ2v) is 4.78. The number of hydrogen-bond donors (Lipinski definition) is 2. The third-order valence-corrected chi connectivity index (χ3v) is 3.02. The van der Waals surface area contributed by atoms with Crippen LogP contribution in [0.3, 0.4) is 0 Å². The van der Waals surface area contributed by atoms with Gasteiger partial charge in [-0.3, -0.25) is 9.59 Å². The van der Waals surface area contributed by atoms with Gasteiger partial charge in [0, 0.05) is 0 Å². The Hall–Kier alpha value is -1.32. The van der Waals surface area contributed by atoms with Crippen molar-refractivity contribution in [1.82, 2.24) is 0 Å². The molecule has 0 aromatic rings. The zero-order chi connectivity index (χ0) is 12.3. The topological polar surface area (TPSA) is 74.6 Å². The molecule has 0 bridgehead atoms. The molecular weight excluding hydrogens is 208 g/mol. The first-order valence-corrected chi connectivity index (χ1v) is 5.55. The number of carboxylic acids is 2. The van der Waals surface area contributed by atoms with Gasteiger partial charge >= 0.3 is 11.9 Å². The quantitative estimate of drug-likeness (QED) is 0.719. The molecule has 0 heterocycles. The third-order valence-electron chi connectivity index (χ3n) is 3.02. The molecule has 0 aromatic carbocycles. The molecule has 0 saturated carbocycles. The highest BCUT2D eigenvalue weighted by Crippen LogP contribution is 2.35. The van der Waals surface area contributed by atoms with E-state index in [2.05, 4.69) is 0 Å². The maximum absolute atomic E-state index is 11.2. The van der Waals surface area contributed by atoms with Crippen LogP contribution in [0, 0.1) is 23.7 Å². The van der Waals surface area contributed by atoms with Crippen LogP contribution in [0.25, 0.3) is 0 Å². The average molecular weight is 226 g/mol. The molecular formula is C12H18O4. The molecule has 3 atom stereocenters. The lowest BCUT2D eigenvalue weighted by molar-refractivity contribution is -0.154. The Morgan fingerprint density at radius 3 is 2.38 bits per heavy atom. The van der Waals surface area contributed by atoms with E-state index < -0.39 is 23.8 Å². The molecule has 3 unspecified atom stereocenters. The van der Waals surface area contributed by atoms with Gasteiger partial charge in [-0.25, -0.2) is 0 Å². The number of allylic oxidation sites excluding steroid dienone is 1. The number of carboxylic acid groups (broad SMARTS) is 2. The van der Waals surface area contributed by atoms with Gasteiger partial charge in [-0.05, 0) is 24.7 Å². The second kappa shape index (κ2) is 5.14. The highest BCUT2D eigenvalue weighted by molar-refractivity contribution is 5.82. The van der Waals surface area contributed by atoms with Crippen molar-refractivity contribution in [2.45, 2.75) is 26.7 Å². The van der Waals surface area contributed by atoms with Crippen LogP contribution in [0.15, 0.2) is 12.2 Å². The number of aliphatic carboxylic acids is 2. The summed E-state index contributed by atoms with van der Waals surface area (Å²) in [7, 11) is 0. The van der Waals surface area contributed by atoms with Crippen LogP contribution in [-0.4, -0.2) is 22.2 Å². The molecule has 16 heavy (non-hydrogen) atoms. The Labute approximate surface area is 95.0 Å². The van der Waals surface area contributed by atoms with E-state index in [9.17, 15) is 9.59 Å². The van der Waals surface area contributed by atoms with E-state index >= 15 is 0 Å². The van der Waals surface area contributed by atoms with Crippen molar-refractivity contribution in [3.05, 3.63) is 12.2 Å². The SMILES string of the molecule is CC(C)CC1CC=CC(C(=O)O)C1C(=O)O. The predicted molar refractivity (Wildman–Crippen MR) is 59.0 cm³/mol. The van der Waals surface area contributed by atoms with Crippen LogP contribution in [0.1, 0.15) is 26.7 Å². The van der Waals surface area contributed by atoms with E-state index in [1.165, 1.54) is 6.08 Å². The zero-order valence-electron chi connectivity index (χ0n) is 9.59. The minimum absolute atomic E-state index is 0.0661. The van der Waals surface area contributed by atoms with E-state index in [0.717, 1.165) is 6.42 Å². The Morgan fingerprint density at radius 1 is 1.31 bits per heavy atom. The molecule has 90 valence electrons. The number of rotatable bonds is 4. The van der Waals surface area contributed by atoms with Gasteiger partial charge < -0.3 is 10.2 Å². The Morgan fingerprint density at radius 2 is 1.94 bits per heavy atom. The minimum Gasteiger partial charge on any atom is -0.481 e. The van der Waals surface area contributed by atoms with Gasteiger partial charge in [-0.1, -0.05) is 26.0 Å². The summed E-state index contributed by atoms with van der Waals surface area (Å²) < 4.78 is 0. The van der Waals surface area contributed by atoms with Crippen LogP contribution in [0.4, 0.5) is 0 Å². The summed E-state index contributed by atoms with van der Waals surface area (Å²) in [6, 6.07) is 0. The number of hydrogen-bond acceptors (Lipinski definition) is 2. The molecule has 0 aliphatic heterocycles. The van der Waals surface area contributed by atoms with Crippen molar-refractivity contribution in [3.63, 3.8) is 0 Å². The predicted octanol–water partition coefficient (Wildman–Crippen LogP) is 2.01. The molecule has 1 aliphatic carbocycles. The molecule has 0 radical (unpaired) electrons. The average Bonchev–Trinajstić information content (AvgIpc) is 2.15. The maximum atomic E-state index is 11.2. The van der Waals surface area contributed by atoms with Crippen LogP contribution in [-0.2, 0) is 9.59 Å². The highest BCUT2D eigenvalue weighted by atomic mass is 16.4. The van der Waals surface area contributed by atoms with Gasteiger partial charge in [-0.15, -0.1) is 0 Å². The Balaban J connectivity index is 2.89. The van der Waals surface area contributed by atoms with Crippen molar-refractivity contribution in [2.75, 3.05) is 0 Å². The standard InChI is InChI=1S/C12H18O4/c1-7(2)6-8-4-3-5-9(11(13)14)10(8)12(15)16/h3,5,7-10H,4,6H2,1-2H3,(H,13,14)(H,15,16). The van der Waals surface area contributed by atoms with Gasteiger partial charge in [0.25, 0.3) is 0 Å². The second-order valence-electron chi connectivity index (χ2n) is 4.78. The van der Waals surface area contributed by atoms with Gasteiger partial charge in [0.15, 0.2) is 0 Å². The first-order valence-electron chi connectivity index (χ1n) is 5.55. The number of carbonyl (C=O) groups is 2. The summed E-state index contributed by atoms with van der Waals surface area (Å²) in [6.45, 7) is 4.04. The lowest BCUT2D eigenvalue weighted by Gasteiger charge is -2.30. The summed E-state index contributed by atoms with van der Waals surface area (Å²) in [4.78, 5) is 22.1. The molecule has 4 heteroatoms. The smallest absolute Gasteiger partial charge is 0.311 e. The molecule has 0 amide bonds.